The van der Waals surface area contributed by atoms with Crippen LogP contribution in [0.3, 0.4) is 0 Å². The normalized spacial score (nSPS) is 11.5. The van der Waals surface area contributed by atoms with Gasteiger partial charge in [0.1, 0.15) is 4.90 Å². The molecule has 2 rings (SSSR count). The second-order valence-electron chi connectivity index (χ2n) is 4.19. The smallest absolute Gasteiger partial charge is 0.243 e. The molecule has 0 saturated carbocycles. The van der Waals surface area contributed by atoms with Crippen molar-refractivity contribution in [2.75, 3.05) is 5.43 Å². The highest BCUT2D eigenvalue weighted by Crippen LogP contribution is 2.21. The van der Waals surface area contributed by atoms with Gasteiger partial charge in [-0.25, -0.2) is 13.1 Å². The van der Waals surface area contributed by atoms with Crippen LogP contribution in [-0.4, -0.2) is 8.42 Å². The standard InChI is InChI=1S/C13H17N3O2S2/c1-2-10-7-8-11(19-10)9-15-20(17,18)13-6-4-3-5-12(13)16-14/h3-8,15-16H,2,9,14H2,1H3. The van der Waals surface area contributed by atoms with E-state index < -0.39 is 10.0 Å². The summed E-state index contributed by atoms with van der Waals surface area (Å²) in [6.07, 6.45) is 0.956. The lowest BCUT2D eigenvalue weighted by molar-refractivity contribution is 0.582. The number of nitrogen functional groups attached to an aromatic ring is 1. The fraction of sp³-hybridized carbons (Fsp3) is 0.231. The number of hydrazine groups is 1. The molecule has 0 unspecified atom stereocenters. The highest BCUT2D eigenvalue weighted by Gasteiger charge is 2.17. The molecule has 0 fully saturated rings. The lowest BCUT2D eigenvalue weighted by Gasteiger charge is -2.10. The summed E-state index contributed by atoms with van der Waals surface area (Å²) >= 11 is 1.61. The molecule has 108 valence electrons. The molecule has 7 heteroatoms. The van der Waals surface area contributed by atoms with Crippen LogP contribution in [0.4, 0.5) is 5.69 Å². The van der Waals surface area contributed by atoms with Crippen LogP contribution in [0.2, 0.25) is 0 Å². The van der Waals surface area contributed by atoms with Gasteiger partial charge in [0.15, 0.2) is 0 Å². The maximum absolute atomic E-state index is 12.3. The van der Waals surface area contributed by atoms with Gasteiger partial charge in [0.2, 0.25) is 10.0 Å². The van der Waals surface area contributed by atoms with E-state index in [1.165, 1.54) is 10.9 Å². The number of thiophene rings is 1. The van der Waals surface area contributed by atoms with Gasteiger partial charge in [-0.2, -0.15) is 0 Å². The van der Waals surface area contributed by atoms with Crippen LogP contribution >= 0.6 is 11.3 Å². The average Bonchev–Trinajstić information content (AvgIpc) is 2.93. The van der Waals surface area contributed by atoms with E-state index >= 15 is 0 Å². The lowest BCUT2D eigenvalue weighted by Crippen LogP contribution is -2.24. The van der Waals surface area contributed by atoms with Crippen molar-refractivity contribution in [1.29, 1.82) is 0 Å². The molecule has 0 aliphatic carbocycles. The minimum Gasteiger partial charge on any atom is -0.323 e. The molecule has 5 nitrogen and oxygen atoms in total. The summed E-state index contributed by atoms with van der Waals surface area (Å²) < 4.78 is 27.1. The molecule has 0 atom stereocenters. The van der Waals surface area contributed by atoms with Crippen molar-refractivity contribution >= 4 is 27.0 Å². The summed E-state index contributed by atoms with van der Waals surface area (Å²) in [5.41, 5.74) is 2.77. The van der Waals surface area contributed by atoms with Crippen LogP contribution in [-0.2, 0) is 23.0 Å². The van der Waals surface area contributed by atoms with Gasteiger partial charge in [-0.3, -0.25) is 5.84 Å². The van der Waals surface area contributed by atoms with E-state index in [9.17, 15) is 8.42 Å². The van der Waals surface area contributed by atoms with E-state index in [1.807, 2.05) is 12.1 Å². The predicted octanol–water partition coefficient (Wildman–Crippen LogP) is 2.07. The monoisotopic (exact) mass is 311 g/mol. The molecule has 0 aliphatic rings. The molecule has 0 bridgehead atoms. The summed E-state index contributed by atoms with van der Waals surface area (Å²) in [7, 11) is -3.58. The number of sulfonamides is 1. The molecule has 0 saturated heterocycles. The van der Waals surface area contributed by atoms with E-state index in [2.05, 4.69) is 17.1 Å². The number of benzene rings is 1. The summed E-state index contributed by atoms with van der Waals surface area (Å²) in [6.45, 7) is 2.36. The Hall–Kier alpha value is -1.41. The average molecular weight is 311 g/mol. The van der Waals surface area contributed by atoms with Crippen molar-refractivity contribution in [2.24, 2.45) is 5.84 Å². The molecule has 20 heavy (non-hydrogen) atoms. The second kappa shape index (κ2) is 6.36. The van der Waals surface area contributed by atoms with Gasteiger partial charge >= 0.3 is 0 Å². The Bertz CT molecular complexity index is 680. The largest absolute Gasteiger partial charge is 0.323 e. The topological polar surface area (TPSA) is 84.2 Å². The van der Waals surface area contributed by atoms with E-state index in [0.29, 0.717) is 5.69 Å². The quantitative estimate of drug-likeness (QED) is 0.563. The third-order valence-corrected chi connectivity index (χ3v) is 5.52. The molecule has 0 aliphatic heterocycles. The van der Waals surface area contributed by atoms with Gasteiger partial charge in [-0.15, -0.1) is 11.3 Å². The van der Waals surface area contributed by atoms with Crippen LogP contribution < -0.4 is 16.0 Å². The second-order valence-corrected chi connectivity index (χ2v) is 7.17. The number of rotatable bonds is 6. The fourth-order valence-electron chi connectivity index (χ4n) is 1.77. The zero-order valence-electron chi connectivity index (χ0n) is 11.1. The minimum atomic E-state index is -3.58. The third-order valence-electron chi connectivity index (χ3n) is 2.83. The molecular formula is C13H17N3O2S2. The SMILES string of the molecule is CCc1ccc(CNS(=O)(=O)c2ccccc2NN)s1. The van der Waals surface area contributed by atoms with E-state index in [1.54, 1.807) is 29.5 Å². The van der Waals surface area contributed by atoms with Crippen molar-refractivity contribution < 1.29 is 8.42 Å². The number of anilines is 1. The molecule has 0 radical (unpaired) electrons. The predicted molar refractivity (Wildman–Crippen MR) is 82.0 cm³/mol. The molecular weight excluding hydrogens is 294 g/mol. The van der Waals surface area contributed by atoms with Gasteiger partial charge in [-0.05, 0) is 30.7 Å². The summed E-state index contributed by atoms with van der Waals surface area (Å²) in [4.78, 5) is 2.38. The Balaban J connectivity index is 2.15. The van der Waals surface area contributed by atoms with Crippen LogP contribution in [0.25, 0.3) is 0 Å². The van der Waals surface area contributed by atoms with Gasteiger partial charge < -0.3 is 5.43 Å². The highest BCUT2D eigenvalue weighted by atomic mass is 32.2. The third kappa shape index (κ3) is 3.37. The van der Waals surface area contributed by atoms with E-state index in [-0.39, 0.29) is 11.4 Å². The van der Waals surface area contributed by atoms with Crippen molar-refractivity contribution in [3.63, 3.8) is 0 Å². The Labute approximate surface area is 122 Å². The number of para-hydroxylation sites is 1. The molecule has 1 aromatic carbocycles. The molecule has 2 aromatic rings. The molecule has 1 aromatic heterocycles. The summed E-state index contributed by atoms with van der Waals surface area (Å²) in [5.74, 6) is 5.34. The van der Waals surface area contributed by atoms with E-state index in [4.69, 9.17) is 5.84 Å². The number of hydrogen-bond donors (Lipinski definition) is 3. The van der Waals surface area contributed by atoms with Crippen LogP contribution in [0.1, 0.15) is 16.7 Å². The first kappa shape index (κ1) is 15.0. The van der Waals surface area contributed by atoms with Gasteiger partial charge in [0.05, 0.1) is 5.69 Å². The summed E-state index contributed by atoms with van der Waals surface area (Å²) in [5, 5.41) is 0. The fourth-order valence-corrected chi connectivity index (χ4v) is 3.94. The van der Waals surface area contributed by atoms with Gasteiger partial charge in [0.25, 0.3) is 0 Å². The first-order valence-electron chi connectivity index (χ1n) is 6.19. The van der Waals surface area contributed by atoms with Gasteiger partial charge in [0, 0.05) is 16.3 Å². The number of hydrogen-bond acceptors (Lipinski definition) is 5. The highest BCUT2D eigenvalue weighted by molar-refractivity contribution is 7.89. The van der Waals surface area contributed by atoms with Crippen molar-refractivity contribution in [3.8, 4) is 0 Å². The Kier molecular flexibility index (Phi) is 4.77. The summed E-state index contributed by atoms with van der Waals surface area (Å²) in [6, 6.07) is 10.5. The Morgan fingerprint density at radius 3 is 2.50 bits per heavy atom. The van der Waals surface area contributed by atoms with Crippen molar-refractivity contribution in [1.82, 2.24) is 4.72 Å². The maximum Gasteiger partial charge on any atom is 0.243 e. The lowest BCUT2D eigenvalue weighted by atomic mass is 10.3. The van der Waals surface area contributed by atoms with Crippen molar-refractivity contribution in [3.05, 3.63) is 46.2 Å². The number of aryl methyl sites for hydroxylation is 1. The number of nitrogens with one attached hydrogen (secondary N) is 2. The molecule has 4 N–H and O–H groups in total. The van der Waals surface area contributed by atoms with Gasteiger partial charge in [-0.1, -0.05) is 19.1 Å². The molecule has 0 spiro atoms. The Morgan fingerprint density at radius 1 is 1.15 bits per heavy atom. The Morgan fingerprint density at radius 2 is 1.85 bits per heavy atom. The minimum absolute atomic E-state index is 0.148. The molecule has 1 heterocycles. The first-order valence-corrected chi connectivity index (χ1v) is 8.49. The molecule has 0 amide bonds. The van der Waals surface area contributed by atoms with Crippen LogP contribution in [0.5, 0.6) is 0 Å². The van der Waals surface area contributed by atoms with Crippen LogP contribution in [0.15, 0.2) is 41.3 Å². The van der Waals surface area contributed by atoms with E-state index in [0.717, 1.165) is 11.3 Å². The number of nitrogens with two attached hydrogens (primary N) is 1. The zero-order valence-corrected chi connectivity index (χ0v) is 12.7. The van der Waals surface area contributed by atoms with Crippen LogP contribution in [0, 0.1) is 0 Å². The first-order chi connectivity index (χ1) is 9.56. The zero-order chi connectivity index (χ0) is 14.6. The maximum atomic E-state index is 12.3. The van der Waals surface area contributed by atoms with Crippen molar-refractivity contribution in [2.45, 2.75) is 24.8 Å².